The second-order valence-corrected chi connectivity index (χ2v) is 8.75. The number of carbonyl (C=O) groups excluding carboxylic acids is 2. The van der Waals surface area contributed by atoms with Crippen molar-refractivity contribution in [2.45, 2.75) is 24.5 Å². The number of hydrogen-bond donors (Lipinski definition) is 6. The van der Waals surface area contributed by atoms with Gasteiger partial charge in [0.05, 0.1) is 32.8 Å². The largest absolute Gasteiger partial charge is 0.480 e. The molecule has 1 saturated heterocycles. The van der Waals surface area contributed by atoms with Crippen molar-refractivity contribution in [2.75, 3.05) is 72.1 Å². The molecule has 2 amide bonds. The minimum atomic E-state index is -1.24. The molecule has 0 bridgehead atoms. The molecule has 2 aliphatic rings. The Balaban J connectivity index is 2.19. The number of aliphatic carboxylic acids is 3. The van der Waals surface area contributed by atoms with E-state index in [1.54, 1.807) is 19.6 Å². The summed E-state index contributed by atoms with van der Waals surface area (Å²) in [5.74, 6) is -4.55. The zero-order valence-electron chi connectivity index (χ0n) is 19.4. The van der Waals surface area contributed by atoms with Gasteiger partial charge >= 0.3 is 17.9 Å². The number of rotatable bonds is 11. The number of nitrogens with two attached hydrogens (primary N) is 1. The maximum absolute atomic E-state index is 12.5. The number of amides is 2. The zero-order valence-corrected chi connectivity index (χ0v) is 19.4. The Bertz CT molecular complexity index is 797. The lowest BCUT2D eigenvalue weighted by Crippen LogP contribution is -2.52. The van der Waals surface area contributed by atoms with Crippen molar-refractivity contribution >= 4 is 29.7 Å². The summed E-state index contributed by atoms with van der Waals surface area (Å²) in [5.41, 5.74) is 5.16. The summed E-state index contributed by atoms with van der Waals surface area (Å²) in [4.78, 5) is 64.8. The van der Waals surface area contributed by atoms with Gasteiger partial charge in [-0.25, -0.2) is 0 Å². The van der Waals surface area contributed by atoms with Crippen LogP contribution in [0.2, 0.25) is 0 Å². The van der Waals surface area contributed by atoms with Gasteiger partial charge in [0, 0.05) is 51.4 Å². The summed E-state index contributed by atoms with van der Waals surface area (Å²) in [5, 5.41) is 39.5. The summed E-state index contributed by atoms with van der Waals surface area (Å²) in [6.07, 6.45) is 0.567. The standard InChI is InChI=1S/C20H34N6O9/c21-20(35)13(12-27)22-16(28)8-25-5-3-23(9-17(29)30)1-2-24(10-18(31)32)4-6-26(11-19(33)34)15-7-14(15)25/h13-15,27H,1-12H2,(H2,21,35)(H,22,28)(H,29,30)(H,31,32)(H,33,34)/t13-,14?,15?/m0/s1. The molecule has 35 heavy (non-hydrogen) atoms. The van der Waals surface area contributed by atoms with E-state index < -0.39 is 42.4 Å². The zero-order chi connectivity index (χ0) is 26.1. The van der Waals surface area contributed by atoms with E-state index in [1.807, 2.05) is 0 Å². The molecule has 1 saturated carbocycles. The number of fused-ring (bicyclic) bond motifs is 1. The van der Waals surface area contributed by atoms with Crippen LogP contribution in [0.3, 0.4) is 0 Å². The van der Waals surface area contributed by atoms with Gasteiger partial charge in [0.15, 0.2) is 0 Å². The van der Waals surface area contributed by atoms with Crippen molar-refractivity contribution in [3.8, 4) is 0 Å². The van der Waals surface area contributed by atoms with Gasteiger partial charge in [-0.1, -0.05) is 0 Å². The monoisotopic (exact) mass is 502 g/mol. The number of nitrogens with zero attached hydrogens (tertiary/aromatic N) is 4. The van der Waals surface area contributed by atoms with Gasteiger partial charge in [-0.3, -0.25) is 43.6 Å². The summed E-state index contributed by atoms with van der Waals surface area (Å²) in [6, 6.07) is -1.62. The number of hydrogen-bond acceptors (Lipinski definition) is 10. The second-order valence-electron chi connectivity index (χ2n) is 8.75. The van der Waals surface area contributed by atoms with Crippen LogP contribution in [0.5, 0.6) is 0 Å². The highest BCUT2D eigenvalue weighted by atomic mass is 16.4. The molecule has 0 aromatic rings. The van der Waals surface area contributed by atoms with Gasteiger partial charge in [-0.2, -0.15) is 0 Å². The molecule has 15 nitrogen and oxygen atoms in total. The van der Waals surface area contributed by atoms with Crippen molar-refractivity contribution in [3.63, 3.8) is 0 Å². The van der Waals surface area contributed by atoms with E-state index in [0.29, 0.717) is 6.42 Å². The first-order valence-electron chi connectivity index (χ1n) is 11.3. The number of carboxylic acids is 3. The molecule has 3 atom stereocenters. The third-order valence-electron chi connectivity index (χ3n) is 6.07. The lowest BCUT2D eigenvalue weighted by Gasteiger charge is -2.32. The SMILES string of the molecule is NC(=O)[C@H](CO)NC(=O)CN1CCN(CC(=O)O)CCN(CC(=O)O)CCN(CC(=O)O)C2CC21. The highest BCUT2D eigenvalue weighted by Crippen LogP contribution is 2.33. The maximum Gasteiger partial charge on any atom is 0.317 e. The van der Waals surface area contributed by atoms with E-state index in [-0.39, 0.29) is 77.5 Å². The Morgan fingerprint density at radius 1 is 0.743 bits per heavy atom. The Labute approximate surface area is 202 Å². The number of aliphatic hydroxyl groups is 1. The topological polar surface area (TPSA) is 217 Å². The predicted octanol–water partition coefficient (Wildman–Crippen LogP) is -4.43. The van der Waals surface area contributed by atoms with E-state index in [4.69, 9.17) is 5.73 Å². The molecule has 1 aliphatic heterocycles. The lowest BCUT2D eigenvalue weighted by molar-refractivity contribution is -0.140. The molecule has 198 valence electrons. The molecule has 1 aliphatic carbocycles. The van der Waals surface area contributed by atoms with Crippen LogP contribution in [0.4, 0.5) is 0 Å². The van der Waals surface area contributed by atoms with Gasteiger partial charge in [-0.05, 0) is 6.42 Å². The number of nitrogens with one attached hydrogen (secondary N) is 1. The third kappa shape index (κ3) is 9.73. The van der Waals surface area contributed by atoms with Crippen molar-refractivity contribution in [1.29, 1.82) is 0 Å². The average Bonchev–Trinajstić information content (AvgIpc) is 3.54. The molecular formula is C20H34N6O9. The highest BCUT2D eigenvalue weighted by molar-refractivity contribution is 5.87. The van der Waals surface area contributed by atoms with Crippen LogP contribution in [0, 0.1) is 0 Å². The summed E-state index contributed by atoms with van der Waals surface area (Å²) < 4.78 is 0. The van der Waals surface area contributed by atoms with Gasteiger partial charge in [0.25, 0.3) is 0 Å². The first-order chi connectivity index (χ1) is 16.5. The molecule has 2 unspecified atom stereocenters. The van der Waals surface area contributed by atoms with E-state index in [9.17, 15) is 44.4 Å². The number of carboxylic acid groups (broad SMARTS) is 3. The van der Waals surface area contributed by atoms with Gasteiger partial charge in [0.2, 0.25) is 11.8 Å². The summed E-state index contributed by atoms with van der Waals surface area (Å²) in [7, 11) is 0. The minimum absolute atomic E-state index is 0.155. The Hall–Kier alpha value is -2.85. The van der Waals surface area contributed by atoms with Crippen molar-refractivity contribution in [3.05, 3.63) is 0 Å². The van der Waals surface area contributed by atoms with Gasteiger partial charge in [0.1, 0.15) is 6.04 Å². The van der Waals surface area contributed by atoms with E-state index in [0.717, 1.165) is 0 Å². The van der Waals surface area contributed by atoms with E-state index in [2.05, 4.69) is 5.32 Å². The minimum Gasteiger partial charge on any atom is -0.480 e. The highest BCUT2D eigenvalue weighted by Gasteiger charge is 2.46. The number of carbonyl (C=O) groups is 5. The smallest absolute Gasteiger partial charge is 0.317 e. The van der Waals surface area contributed by atoms with Crippen molar-refractivity contribution in [2.24, 2.45) is 5.73 Å². The van der Waals surface area contributed by atoms with Gasteiger partial charge in [-0.15, -0.1) is 0 Å². The van der Waals surface area contributed by atoms with Crippen LogP contribution >= 0.6 is 0 Å². The fourth-order valence-electron chi connectivity index (χ4n) is 4.23. The molecule has 1 heterocycles. The molecule has 0 aromatic carbocycles. The van der Waals surface area contributed by atoms with Crippen LogP contribution in [0.25, 0.3) is 0 Å². The van der Waals surface area contributed by atoms with Crippen molar-refractivity contribution in [1.82, 2.24) is 24.9 Å². The summed E-state index contributed by atoms with van der Waals surface area (Å²) in [6.45, 7) is 0.0619. The maximum atomic E-state index is 12.5. The molecule has 15 heteroatoms. The van der Waals surface area contributed by atoms with Crippen LogP contribution in [-0.4, -0.2) is 160 Å². The van der Waals surface area contributed by atoms with Crippen LogP contribution in [-0.2, 0) is 24.0 Å². The molecule has 7 N–H and O–H groups in total. The van der Waals surface area contributed by atoms with Crippen molar-refractivity contribution < 1.29 is 44.4 Å². The molecule has 2 fully saturated rings. The normalized spacial score (nSPS) is 23.8. The lowest BCUT2D eigenvalue weighted by atomic mass is 10.3. The number of primary amides is 1. The fourth-order valence-corrected chi connectivity index (χ4v) is 4.23. The Morgan fingerprint density at radius 3 is 1.57 bits per heavy atom. The second kappa shape index (κ2) is 13.3. The first-order valence-corrected chi connectivity index (χ1v) is 11.3. The molecule has 0 spiro atoms. The predicted molar refractivity (Wildman–Crippen MR) is 119 cm³/mol. The quantitative estimate of drug-likeness (QED) is 0.157. The average molecular weight is 503 g/mol. The summed E-state index contributed by atoms with van der Waals surface area (Å²) >= 11 is 0. The molecular weight excluding hydrogens is 468 g/mol. The first kappa shape index (κ1) is 28.4. The van der Waals surface area contributed by atoms with E-state index in [1.165, 1.54) is 0 Å². The Morgan fingerprint density at radius 2 is 1.17 bits per heavy atom. The third-order valence-corrected chi connectivity index (χ3v) is 6.07. The van der Waals surface area contributed by atoms with E-state index >= 15 is 0 Å². The van der Waals surface area contributed by atoms with Crippen LogP contribution < -0.4 is 11.1 Å². The van der Waals surface area contributed by atoms with Gasteiger partial charge < -0.3 is 31.5 Å². The molecule has 0 aromatic heterocycles. The molecule has 0 radical (unpaired) electrons. The Kier molecular flexibility index (Phi) is 10.8. The fraction of sp³-hybridized carbons (Fsp3) is 0.750. The van der Waals surface area contributed by atoms with Crippen LogP contribution in [0.15, 0.2) is 0 Å². The molecule has 2 rings (SSSR count). The van der Waals surface area contributed by atoms with Crippen LogP contribution in [0.1, 0.15) is 6.42 Å². The number of aliphatic hydroxyl groups excluding tert-OH is 1.